The first-order valence-electron chi connectivity index (χ1n) is 7.86. The SMILES string of the molecule is Cc1cc(NC(=O)c2ccc3c(=O)n(C)cnc3c2)cc2sc(N)nc12. The van der Waals surface area contributed by atoms with E-state index in [9.17, 15) is 9.59 Å². The van der Waals surface area contributed by atoms with Gasteiger partial charge in [0.25, 0.3) is 11.5 Å². The Balaban J connectivity index is 1.69. The molecule has 0 atom stereocenters. The Bertz CT molecular complexity index is 1240. The normalized spacial score (nSPS) is 11.2. The summed E-state index contributed by atoms with van der Waals surface area (Å²) in [7, 11) is 1.64. The molecule has 0 fully saturated rings. The van der Waals surface area contributed by atoms with Crippen LogP contribution in [0.5, 0.6) is 0 Å². The van der Waals surface area contributed by atoms with Gasteiger partial charge >= 0.3 is 0 Å². The number of anilines is 2. The number of hydrogen-bond donors (Lipinski definition) is 2. The van der Waals surface area contributed by atoms with Crippen LogP contribution < -0.4 is 16.6 Å². The second kappa shape index (κ2) is 5.92. The van der Waals surface area contributed by atoms with Crippen molar-refractivity contribution in [2.75, 3.05) is 11.1 Å². The van der Waals surface area contributed by atoms with Crippen LogP contribution in [0.4, 0.5) is 10.8 Å². The number of carbonyl (C=O) groups is 1. The maximum Gasteiger partial charge on any atom is 0.260 e. The zero-order valence-corrected chi connectivity index (χ0v) is 14.9. The molecule has 0 spiro atoms. The summed E-state index contributed by atoms with van der Waals surface area (Å²) in [6.45, 7) is 1.92. The van der Waals surface area contributed by atoms with Crippen LogP contribution in [-0.4, -0.2) is 20.4 Å². The molecular formula is C18H15N5O2S. The van der Waals surface area contributed by atoms with E-state index in [-0.39, 0.29) is 11.5 Å². The molecule has 7 nitrogen and oxygen atoms in total. The van der Waals surface area contributed by atoms with Crippen molar-refractivity contribution in [3.8, 4) is 0 Å². The molecule has 0 aliphatic heterocycles. The Hall–Kier alpha value is -3.26. The van der Waals surface area contributed by atoms with Gasteiger partial charge in [0.1, 0.15) is 0 Å². The van der Waals surface area contributed by atoms with E-state index >= 15 is 0 Å². The predicted molar refractivity (Wildman–Crippen MR) is 104 cm³/mol. The lowest BCUT2D eigenvalue weighted by molar-refractivity contribution is 0.102. The van der Waals surface area contributed by atoms with Gasteiger partial charge in [-0.25, -0.2) is 9.97 Å². The molecule has 0 radical (unpaired) electrons. The van der Waals surface area contributed by atoms with Crippen LogP contribution in [0.3, 0.4) is 0 Å². The molecule has 3 N–H and O–H groups in total. The average Bonchev–Trinajstić information content (AvgIpc) is 2.99. The fourth-order valence-corrected chi connectivity index (χ4v) is 3.69. The number of amides is 1. The summed E-state index contributed by atoms with van der Waals surface area (Å²) in [4.78, 5) is 33.2. The van der Waals surface area contributed by atoms with E-state index in [1.54, 1.807) is 25.2 Å². The van der Waals surface area contributed by atoms with Crippen molar-refractivity contribution in [2.45, 2.75) is 6.92 Å². The number of carbonyl (C=O) groups excluding carboxylic acids is 1. The Kier molecular flexibility index (Phi) is 3.69. The van der Waals surface area contributed by atoms with Crippen LogP contribution in [0.2, 0.25) is 0 Å². The standard InChI is InChI=1S/C18H15N5O2S/c1-9-5-11(7-14-15(9)22-18(19)26-14)21-16(24)10-3-4-12-13(6-10)20-8-23(2)17(12)25/h3-8H,1-2H3,(H2,19,22)(H,21,24). The van der Waals surface area contributed by atoms with E-state index in [0.717, 1.165) is 15.8 Å². The number of benzene rings is 2. The van der Waals surface area contributed by atoms with Crippen molar-refractivity contribution in [3.05, 3.63) is 58.1 Å². The summed E-state index contributed by atoms with van der Waals surface area (Å²) in [6, 6.07) is 8.56. The van der Waals surface area contributed by atoms with Crippen LogP contribution in [-0.2, 0) is 7.05 Å². The first kappa shape index (κ1) is 16.2. The molecule has 4 rings (SSSR count). The van der Waals surface area contributed by atoms with Crippen molar-refractivity contribution >= 4 is 49.2 Å². The van der Waals surface area contributed by atoms with Gasteiger partial charge in [-0.2, -0.15) is 0 Å². The zero-order valence-electron chi connectivity index (χ0n) is 14.1. The van der Waals surface area contributed by atoms with Gasteiger partial charge in [-0.15, -0.1) is 0 Å². The molecule has 0 saturated carbocycles. The summed E-state index contributed by atoms with van der Waals surface area (Å²) in [5.41, 5.74) is 8.99. The van der Waals surface area contributed by atoms with E-state index in [4.69, 9.17) is 5.73 Å². The Morgan fingerprint density at radius 2 is 2.08 bits per heavy atom. The van der Waals surface area contributed by atoms with Crippen LogP contribution in [0, 0.1) is 6.92 Å². The second-order valence-electron chi connectivity index (χ2n) is 6.04. The van der Waals surface area contributed by atoms with Crippen LogP contribution in [0.15, 0.2) is 41.5 Å². The maximum absolute atomic E-state index is 12.6. The number of nitrogens with one attached hydrogen (secondary N) is 1. The molecule has 2 aromatic heterocycles. The molecule has 0 aliphatic rings. The fraction of sp³-hybridized carbons (Fsp3) is 0.111. The molecule has 0 aliphatic carbocycles. The highest BCUT2D eigenvalue weighted by Crippen LogP contribution is 2.29. The molecule has 4 aromatic rings. The minimum atomic E-state index is -0.273. The van der Waals surface area contributed by atoms with E-state index in [1.807, 2.05) is 19.1 Å². The maximum atomic E-state index is 12.6. The third-order valence-corrected chi connectivity index (χ3v) is 4.97. The number of thiazole rings is 1. The molecular weight excluding hydrogens is 350 g/mol. The minimum Gasteiger partial charge on any atom is -0.375 e. The van der Waals surface area contributed by atoms with Gasteiger partial charge in [0, 0.05) is 18.3 Å². The van der Waals surface area contributed by atoms with E-state index in [1.165, 1.54) is 22.2 Å². The highest BCUT2D eigenvalue weighted by molar-refractivity contribution is 7.22. The Labute approximate surface area is 152 Å². The number of hydrogen-bond acceptors (Lipinski definition) is 6. The Morgan fingerprint density at radius 1 is 1.27 bits per heavy atom. The van der Waals surface area contributed by atoms with E-state index in [2.05, 4.69) is 15.3 Å². The van der Waals surface area contributed by atoms with Crippen LogP contribution in [0.25, 0.3) is 21.1 Å². The average molecular weight is 365 g/mol. The molecule has 0 unspecified atom stereocenters. The van der Waals surface area contributed by atoms with Gasteiger partial charge in [-0.1, -0.05) is 11.3 Å². The summed E-state index contributed by atoms with van der Waals surface area (Å²) in [6.07, 6.45) is 1.44. The predicted octanol–water partition coefficient (Wildman–Crippen LogP) is 2.69. The molecule has 130 valence electrons. The van der Waals surface area contributed by atoms with Gasteiger partial charge in [0.2, 0.25) is 0 Å². The lowest BCUT2D eigenvalue weighted by atomic mass is 10.1. The topological polar surface area (TPSA) is 103 Å². The smallest absolute Gasteiger partial charge is 0.260 e. The third-order valence-electron chi connectivity index (χ3n) is 4.14. The molecule has 0 bridgehead atoms. The van der Waals surface area contributed by atoms with Crippen molar-refractivity contribution in [1.29, 1.82) is 0 Å². The molecule has 26 heavy (non-hydrogen) atoms. The first-order chi connectivity index (χ1) is 12.4. The summed E-state index contributed by atoms with van der Waals surface area (Å²) in [5.74, 6) is -0.273. The van der Waals surface area contributed by atoms with Crippen molar-refractivity contribution < 1.29 is 4.79 Å². The fourth-order valence-electron chi connectivity index (χ4n) is 2.84. The van der Waals surface area contributed by atoms with E-state index in [0.29, 0.717) is 27.3 Å². The molecule has 2 heterocycles. The molecule has 8 heteroatoms. The molecule has 0 saturated heterocycles. The van der Waals surface area contributed by atoms with Gasteiger partial charge < -0.3 is 15.6 Å². The third kappa shape index (κ3) is 2.70. The Morgan fingerprint density at radius 3 is 2.88 bits per heavy atom. The summed E-state index contributed by atoms with van der Waals surface area (Å²) >= 11 is 1.38. The van der Waals surface area contributed by atoms with Crippen LogP contribution >= 0.6 is 11.3 Å². The number of nitrogens with two attached hydrogens (primary N) is 1. The van der Waals surface area contributed by atoms with Gasteiger partial charge in [0.15, 0.2) is 5.13 Å². The highest BCUT2D eigenvalue weighted by atomic mass is 32.1. The molecule has 2 aromatic carbocycles. The highest BCUT2D eigenvalue weighted by Gasteiger charge is 2.12. The lowest BCUT2D eigenvalue weighted by Crippen LogP contribution is -2.18. The molecule has 1 amide bonds. The minimum absolute atomic E-state index is 0.147. The summed E-state index contributed by atoms with van der Waals surface area (Å²) < 4.78 is 2.32. The number of aromatic nitrogens is 3. The second-order valence-corrected chi connectivity index (χ2v) is 7.10. The zero-order chi connectivity index (χ0) is 18.4. The largest absolute Gasteiger partial charge is 0.375 e. The van der Waals surface area contributed by atoms with Crippen molar-refractivity contribution in [1.82, 2.24) is 14.5 Å². The van der Waals surface area contributed by atoms with Gasteiger partial charge in [0.05, 0.1) is 27.4 Å². The number of nitrogens with zero attached hydrogens (tertiary/aromatic N) is 3. The monoisotopic (exact) mass is 365 g/mol. The number of aryl methyl sites for hydroxylation is 2. The number of nitrogen functional groups attached to an aromatic ring is 1. The van der Waals surface area contributed by atoms with Crippen molar-refractivity contribution in [3.63, 3.8) is 0 Å². The lowest BCUT2D eigenvalue weighted by Gasteiger charge is -2.08. The quantitative estimate of drug-likeness (QED) is 0.568. The van der Waals surface area contributed by atoms with Crippen LogP contribution in [0.1, 0.15) is 15.9 Å². The summed E-state index contributed by atoms with van der Waals surface area (Å²) in [5, 5.41) is 3.85. The van der Waals surface area contributed by atoms with Gasteiger partial charge in [-0.05, 0) is 42.8 Å². The van der Waals surface area contributed by atoms with E-state index < -0.39 is 0 Å². The number of rotatable bonds is 2. The van der Waals surface area contributed by atoms with Crippen molar-refractivity contribution in [2.24, 2.45) is 7.05 Å². The number of fused-ring (bicyclic) bond motifs is 2. The van der Waals surface area contributed by atoms with Gasteiger partial charge in [-0.3, -0.25) is 9.59 Å². The first-order valence-corrected chi connectivity index (χ1v) is 8.67.